The molecular formula is C29H39N3O5. The highest BCUT2D eigenvalue weighted by Gasteiger charge is 2.34. The molecule has 1 aromatic heterocycles. The van der Waals surface area contributed by atoms with Crippen molar-refractivity contribution in [2.45, 2.75) is 46.4 Å². The number of hydrogen-bond donors (Lipinski definition) is 1. The third-order valence-electron chi connectivity index (χ3n) is 6.68. The predicted octanol–water partition coefficient (Wildman–Crippen LogP) is 3.85. The summed E-state index contributed by atoms with van der Waals surface area (Å²) in [6.07, 6.45) is 3.82. The van der Waals surface area contributed by atoms with Gasteiger partial charge in [0.25, 0.3) is 0 Å². The first kappa shape index (κ1) is 27.0. The molecule has 200 valence electrons. The summed E-state index contributed by atoms with van der Waals surface area (Å²) in [5, 5.41) is 15.7. The van der Waals surface area contributed by atoms with E-state index in [2.05, 4.69) is 29.9 Å². The summed E-state index contributed by atoms with van der Waals surface area (Å²) in [6.45, 7) is 12.1. The van der Waals surface area contributed by atoms with Gasteiger partial charge in [-0.05, 0) is 73.7 Å². The molecule has 3 aromatic rings. The minimum Gasteiger partial charge on any atom is -0.493 e. The van der Waals surface area contributed by atoms with E-state index in [1.54, 1.807) is 7.11 Å². The molecule has 1 aliphatic rings. The van der Waals surface area contributed by atoms with Gasteiger partial charge in [0.15, 0.2) is 11.5 Å². The molecule has 0 saturated carbocycles. The van der Waals surface area contributed by atoms with E-state index in [0.717, 1.165) is 34.5 Å². The maximum atomic E-state index is 11.4. The molecule has 0 radical (unpaired) electrons. The molecule has 8 heteroatoms. The van der Waals surface area contributed by atoms with Gasteiger partial charge >= 0.3 is 0 Å². The van der Waals surface area contributed by atoms with Gasteiger partial charge in [-0.25, -0.2) is 0 Å². The highest BCUT2D eigenvalue weighted by Crippen LogP contribution is 2.29. The second-order valence-corrected chi connectivity index (χ2v) is 10.1. The molecule has 4 rings (SSSR count). The Morgan fingerprint density at radius 3 is 2.62 bits per heavy atom. The molecule has 1 N–H and O–H groups in total. The van der Waals surface area contributed by atoms with Gasteiger partial charge < -0.3 is 24.1 Å². The lowest BCUT2D eigenvalue weighted by molar-refractivity contribution is -0.0648. The van der Waals surface area contributed by atoms with Crippen LogP contribution in [0.5, 0.6) is 17.2 Å². The van der Waals surface area contributed by atoms with E-state index in [4.69, 9.17) is 18.9 Å². The average molecular weight is 510 g/mol. The smallest absolute Gasteiger partial charge is 0.161 e. The van der Waals surface area contributed by atoms with Crippen LogP contribution in [0.3, 0.4) is 0 Å². The highest BCUT2D eigenvalue weighted by atomic mass is 16.5. The number of benzene rings is 2. The van der Waals surface area contributed by atoms with Crippen LogP contribution < -0.4 is 14.2 Å². The summed E-state index contributed by atoms with van der Waals surface area (Å²) in [4.78, 5) is 2.19. The molecule has 1 fully saturated rings. The first-order valence-electron chi connectivity index (χ1n) is 12.8. The topological polar surface area (TPSA) is 78.2 Å². The Morgan fingerprint density at radius 1 is 1.03 bits per heavy atom. The lowest BCUT2D eigenvalue weighted by Gasteiger charge is -2.31. The van der Waals surface area contributed by atoms with Crippen molar-refractivity contribution in [1.82, 2.24) is 14.7 Å². The molecule has 2 heterocycles. The molecule has 37 heavy (non-hydrogen) atoms. The van der Waals surface area contributed by atoms with Gasteiger partial charge in [-0.15, -0.1) is 0 Å². The lowest BCUT2D eigenvalue weighted by Crippen LogP contribution is -2.48. The molecule has 0 unspecified atom stereocenters. The van der Waals surface area contributed by atoms with Crippen LogP contribution in [-0.2, 0) is 17.8 Å². The van der Waals surface area contributed by atoms with Crippen LogP contribution in [0.15, 0.2) is 42.7 Å². The summed E-state index contributed by atoms with van der Waals surface area (Å²) in [6, 6.07) is 10.1. The van der Waals surface area contributed by atoms with E-state index >= 15 is 0 Å². The van der Waals surface area contributed by atoms with E-state index in [1.807, 2.05) is 55.2 Å². The van der Waals surface area contributed by atoms with Crippen molar-refractivity contribution in [3.05, 3.63) is 70.5 Å². The fraction of sp³-hybridized carbons (Fsp3) is 0.483. The summed E-state index contributed by atoms with van der Waals surface area (Å²) < 4.78 is 25.3. The Kier molecular flexibility index (Phi) is 8.74. The maximum Gasteiger partial charge on any atom is 0.161 e. The maximum absolute atomic E-state index is 11.4. The monoisotopic (exact) mass is 509 g/mol. The van der Waals surface area contributed by atoms with Gasteiger partial charge in [-0.1, -0.05) is 12.1 Å². The zero-order valence-electron chi connectivity index (χ0n) is 22.6. The first-order valence-corrected chi connectivity index (χ1v) is 12.8. The third-order valence-corrected chi connectivity index (χ3v) is 6.68. The van der Waals surface area contributed by atoms with E-state index in [0.29, 0.717) is 44.3 Å². The average Bonchev–Trinajstić information content (AvgIpc) is 3.19. The Morgan fingerprint density at radius 2 is 1.86 bits per heavy atom. The van der Waals surface area contributed by atoms with Crippen molar-refractivity contribution >= 4 is 0 Å². The van der Waals surface area contributed by atoms with Crippen LogP contribution in [0, 0.1) is 27.7 Å². The molecule has 0 amide bonds. The first-order chi connectivity index (χ1) is 17.7. The third kappa shape index (κ3) is 7.25. The highest BCUT2D eigenvalue weighted by molar-refractivity contribution is 5.43. The molecular weight excluding hydrogens is 470 g/mol. The van der Waals surface area contributed by atoms with Crippen LogP contribution in [0.1, 0.15) is 27.8 Å². The largest absolute Gasteiger partial charge is 0.493 e. The van der Waals surface area contributed by atoms with Gasteiger partial charge in [-0.3, -0.25) is 9.58 Å². The molecule has 0 spiro atoms. The second kappa shape index (κ2) is 12.0. The van der Waals surface area contributed by atoms with Crippen LogP contribution in [0.25, 0.3) is 0 Å². The standard InChI is InChI=1S/C29H39N3O5/c1-21-12-23(3)24(4)27(13-21)37-20-29(33)18-31(8-10-35-19-29)17-25-6-7-26(28(14-25)34-5)36-11-9-32-16-22(2)15-30-32/h6-7,12-16,33H,8-11,17-20H2,1-5H3/t29-/m1/s1. The Balaban J connectivity index is 1.37. The number of rotatable bonds is 10. The minimum atomic E-state index is -1.11. The zero-order chi connectivity index (χ0) is 26.4. The molecule has 1 saturated heterocycles. The van der Waals surface area contributed by atoms with Gasteiger partial charge in [0.05, 0.1) is 33.1 Å². The molecule has 0 aliphatic carbocycles. The number of aliphatic hydroxyl groups is 1. The number of β-amino-alcohol motifs (C(OH)–C–C–N with tert-alkyl or cyclic N) is 1. The predicted molar refractivity (Wildman–Crippen MR) is 143 cm³/mol. The van der Waals surface area contributed by atoms with E-state index in [-0.39, 0.29) is 13.2 Å². The molecule has 1 atom stereocenters. The lowest BCUT2D eigenvalue weighted by atomic mass is 10.0. The number of aromatic nitrogens is 2. The van der Waals surface area contributed by atoms with Crippen molar-refractivity contribution in [1.29, 1.82) is 0 Å². The molecule has 2 aromatic carbocycles. The van der Waals surface area contributed by atoms with Crippen LogP contribution >= 0.6 is 0 Å². The second-order valence-electron chi connectivity index (χ2n) is 10.1. The fourth-order valence-electron chi connectivity index (χ4n) is 4.61. The van der Waals surface area contributed by atoms with Crippen molar-refractivity contribution < 1.29 is 24.1 Å². The van der Waals surface area contributed by atoms with Gasteiger partial charge in [-0.2, -0.15) is 5.10 Å². The zero-order valence-corrected chi connectivity index (χ0v) is 22.6. The fourth-order valence-corrected chi connectivity index (χ4v) is 4.61. The normalized spacial score (nSPS) is 18.4. The number of aryl methyl sites for hydroxylation is 3. The summed E-state index contributed by atoms with van der Waals surface area (Å²) in [5.74, 6) is 2.19. The van der Waals surface area contributed by atoms with E-state index < -0.39 is 5.60 Å². The minimum absolute atomic E-state index is 0.166. The number of nitrogens with zero attached hydrogens (tertiary/aromatic N) is 3. The van der Waals surface area contributed by atoms with Crippen molar-refractivity contribution in [3.63, 3.8) is 0 Å². The van der Waals surface area contributed by atoms with Crippen LogP contribution in [-0.4, -0.2) is 72.0 Å². The Labute approximate surface area is 219 Å². The van der Waals surface area contributed by atoms with Gasteiger partial charge in [0, 0.05) is 25.8 Å². The van der Waals surface area contributed by atoms with E-state index in [9.17, 15) is 5.11 Å². The molecule has 8 nitrogen and oxygen atoms in total. The summed E-state index contributed by atoms with van der Waals surface area (Å²) in [5.41, 5.74) is 4.50. The quantitative estimate of drug-likeness (QED) is 0.445. The van der Waals surface area contributed by atoms with Gasteiger partial charge in [0.1, 0.15) is 24.6 Å². The van der Waals surface area contributed by atoms with E-state index in [1.165, 1.54) is 5.56 Å². The van der Waals surface area contributed by atoms with Crippen molar-refractivity contribution in [2.75, 3.05) is 46.6 Å². The Hall–Kier alpha value is -3.07. The summed E-state index contributed by atoms with van der Waals surface area (Å²) >= 11 is 0. The number of hydrogen-bond acceptors (Lipinski definition) is 7. The van der Waals surface area contributed by atoms with Crippen molar-refractivity contribution in [2.24, 2.45) is 0 Å². The number of methoxy groups -OCH3 is 1. The van der Waals surface area contributed by atoms with Crippen LogP contribution in [0.2, 0.25) is 0 Å². The Bertz CT molecular complexity index is 1190. The molecule has 1 aliphatic heterocycles. The van der Waals surface area contributed by atoms with Gasteiger partial charge in [0.2, 0.25) is 0 Å². The summed E-state index contributed by atoms with van der Waals surface area (Å²) in [7, 11) is 1.65. The molecule has 0 bridgehead atoms. The number of ether oxygens (including phenoxy) is 4. The van der Waals surface area contributed by atoms with Crippen LogP contribution in [0.4, 0.5) is 0 Å². The van der Waals surface area contributed by atoms with Crippen molar-refractivity contribution in [3.8, 4) is 17.2 Å². The SMILES string of the molecule is COc1cc(CN2CCOC[C@@](O)(COc3cc(C)cc(C)c3C)C2)ccc1OCCn1cc(C)cn1.